The van der Waals surface area contributed by atoms with Crippen LogP contribution in [0.1, 0.15) is 90.4 Å². The zero-order valence-electron chi connectivity index (χ0n) is 13.7. The summed E-state index contributed by atoms with van der Waals surface area (Å²) in [7, 11) is 0. The second kappa shape index (κ2) is 9.22. The van der Waals surface area contributed by atoms with Gasteiger partial charge >= 0.3 is 0 Å². The molecule has 0 radical (unpaired) electrons. The molecule has 2 unspecified atom stereocenters. The fourth-order valence-corrected chi connectivity index (χ4v) is 3.77. The summed E-state index contributed by atoms with van der Waals surface area (Å²) in [4.78, 5) is 11.8. The summed E-state index contributed by atoms with van der Waals surface area (Å²) in [5.41, 5.74) is 4.04. The average Bonchev–Trinajstić information content (AvgIpc) is 3.10. The van der Waals surface area contributed by atoms with Gasteiger partial charge in [0.15, 0.2) is 0 Å². The lowest BCUT2D eigenvalue weighted by Gasteiger charge is -2.11. The summed E-state index contributed by atoms with van der Waals surface area (Å²) in [5, 5.41) is 4.37. The summed E-state index contributed by atoms with van der Waals surface area (Å²) in [6, 6.07) is 0. The van der Waals surface area contributed by atoms with Crippen LogP contribution in [0.5, 0.6) is 0 Å². The van der Waals surface area contributed by atoms with E-state index >= 15 is 0 Å². The van der Waals surface area contributed by atoms with Crippen molar-refractivity contribution >= 4 is 11.6 Å². The first-order valence-electron chi connectivity index (χ1n) is 9.15. The van der Waals surface area contributed by atoms with Gasteiger partial charge in [-0.25, -0.2) is 5.43 Å². The van der Waals surface area contributed by atoms with Crippen LogP contribution in [-0.4, -0.2) is 11.6 Å². The zero-order valence-corrected chi connectivity index (χ0v) is 13.7. The molecule has 3 heteroatoms. The largest absolute Gasteiger partial charge is 0.273 e. The molecule has 3 nitrogen and oxygen atoms in total. The second-order valence-corrected chi connectivity index (χ2v) is 6.94. The Kier molecular flexibility index (Phi) is 7.25. The molecule has 2 atom stereocenters. The summed E-state index contributed by atoms with van der Waals surface area (Å²) < 4.78 is 0. The smallest absolute Gasteiger partial charge is 0.240 e. The van der Waals surface area contributed by atoms with Crippen molar-refractivity contribution in [3.05, 3.63) is 0 Å². The number of hydrazone groups is 1. The molecule has 1 N–H and O–H groups in total. The molecule has 0 aromatic heterocycles. The molecule has 0 spiro atoms. The molecular formula is C18H32N2O. The van der Waals surface area contributed by atoms with Crippen molar-refractivity contribution in [3.63, 3.8) is 0 Å². The maximum Gasteiger partial charge on any atom is 0.240 e. The number of hydrogen-bond donors (Lipinski definition) is 1. The number of carbonyl (C=O) groups is 1. The van der Waals surface area contributed by atoms with Gasteiger partial charge in [-0.15, -0.1) is 0 Å². The first kappa shape index (κ1) is 16.5. The molecule has 0 aromatic carbocycles. The molecule has 0 aliphatic heterocycles. The molecule has 0 saturated heterocycles. The molecule has 120 valence electrons. The Hall–Kier alpha value is -0.860. The highest BCUT2D eigenvalue weighted by atomic mass is 16.2. The standard InChI is InChI=1S/C18H32N2O/c1-2-3-4-5-6-7-8-9-10-18(21)20-19-17-14-15-11-12-16(17)13-15/h15-16H,2-14H2,1H3,(H,20,21). The Bertz CT molecular complexity index is 351. The minimum atomic E-state index is 0.108. The topological polar surface area (TPSA) is 41.5 Å². The van der Waals surface area contributed by atoms with Gasteiger partial charge in [-0.3, -0.25) is 4.79 Å². The summed E-state index contributed by atoms with van der Waals surface area (Å²) in [5.74, 6) is 1.65. The van der Waals surface area contributed by atoms with Crippen LogP contribution < -0.4 is 5.43 Å². The molecule has 1 amide bonds. The van der Waals surface area contributed by atoms with Gasteiger partial charge in [-0.2, -0.15) is 5.10 Å². The summed E-state index contributed by atoms with van der Waals surface area (Å²) in [6.07, 6.45) is 15.9. The van der Waals surface area contributed by atoms with E-state index in [1.165, 1.54) is 69.9 Å². The molecule has 2 aliphatic rings. The van der Waals surface area contributed by atoms with Gasteiger partial charge in [0.1, 0.15) is 0 Å². The third-order valence-electron chi connectivity index (χ3n) is 5.09. The van der Waals surface area contributed by atoms with E-state index in [0.29, 0.717) is 12.3 Å². The highest BCUT2D eigenvalue weighted by Crippen LogP contribution is 2.42. The van der Waals surface area contributed by atoms with E-state index < -0.39 is 0 Å². The molecule has 21 heavy (non-hydrogen) atoms. The predicted octanol–water partition coefficient (Wildman–Crippen LogP) is 4.81. The number of unbranched alkanes of at least 4 members (excludes halogenated alkanes) is 7. The van der Waals surface area contributed by atoms with Crippen molar-refractivity contribution in [1.82, 2.24) is 5.43 Å². The van der Waals surface area contributed by atoms with Crippen molar-refractivity contribution in [3.8, 4) is 0 Å². The number of rotatable bonds is 10. The van der Waals surface area contributed by atoms with Crippen LogP contribution in [-0.2, 0) is 4.79 Å². The van der Waals surface area contributed by atoms with Gasteiger partial charge in [-0.05, 0) is 43.9 Å². The van der Waals surface area contributed by atoms with E-state index in [4.69, 9.17) is 0 Å². The van der Waals surface area contributed by atoms with Crippen LogP contribution in [0, 0.1) is 11.8 Å². The van der Waals surface area contributed by atoms with Crippen molar-refractivity contribution in [2.24, 2.45) is 16.9 Å². The molecule has 0 heterocycles. The number of amides is 1. The fraction of sp³-hybridized carbons (Fsp3) is 0.889. The van der Waals surface area contributed by atoms with Gasteiger partial charge in [-0.1, -0.05) is 51.9 Å². The highest BCUT2D eigenvalue weighted by Gasteiger charge is 2.36. The van der Waals surface area contributed by atoms with E-state index in [1.807, 2.05) is 0 Å². The second-order valence-electron chi connectivity index (χ2n) is 6.94. The van der Waals surface area contributed by atoms with Crippen molar-refractivity contribution in [1.29, 1.82) is 0 Å². The lowest BCUT2D eigenvalue weighted by Crippen LogP contribution is -2.21. The first-order chi connectivity index (χ1) is 10.3. The van der Waals surface area contributed by atoms with Crippen LogP contribution in [0.4, 0.5) is 0 Å². The lowest BCUT2D eigenvalue weighted by molar-refractivity contribution is -0.121. The van der Waals surface area contributed by atoms with E-state index in [0.717, 1.165) is 18.8 Å². The predicted molar refractivity (Wildman–Crippen MR) is 88.3 cm³/mol. The molecule has 2 rings (SSSR count). The zero-order chi connectivity index (χ0) is 14.9. The minimum Gasteiger partial charge on any atom is -0.273 e. The quantitative estimate of drug-likeness (QED) is 0.455. The fourth-order valence-electron chi connectivity index (χ4n) is 3.77. The Balaban J connectivity index is 1.46. The first-order valence-corrected chi connectivity index (χ1v) is 9.15. The summed E-state index contributed by atoms with van der Waals surface area (Å²) in [6.45, 7) is 2.25. The van der Waals surface area contributed by atoms with E-state index in [-0.39, 0.29) is 5.91 Å². The lowest BCUT2D eigenvalue weighted by atomic mass is 9.99. The minimum absolute atomic E-state index is 0.108. The third-order valence-corrected chi connectivity index (χ3v) is 5.09. The van der Waals surface area contributed by atoms with E-state index in [2.05, 4.69) is 17.5 Å². The maximum atomic E-state index is 11.8. The average molecular weight is 292 g/mol. The van der Waals surface area contributed by atoms with Crippen LogP contribution >= 0.6 is 0 Å². The van der Waals surface area contributed by atoms with Crippen molar-refractivity contribution in [2.45, 2.75) is 90.4 Å². The number of carbonyl (C=O) groups excluding carboxylic acids is 1. The molecule has 2 aliphatic carbocycles. The highest BCUT2D eigenvalue weighted by molar-refractivity contribution is 5.90. The Morgan fingerprint density at radius 2 is 1.81 bits per heavy atom. The van der Waals surface area contributed by atoms with Gasteiger partial charge in [0.25, 0.3) is 0 Å². The number of nitrogens with one attached hydrogen (secondary N) is 1. The van der Waals surface area contributed by atoms with Crippen LogP contribution in [0.2, 0.25) is 0 Å². The molecular weight excluding hydrogens is 260 g/mol. The molecule has 2 fully saturated rings. The molecule has 2 saturated carbocycles. The molecule has 2 bridgehead atoms. The van der Waals surface area contributed by atoms with Gasteiger partial charge < -0.3 is 0 Å². The third kappa shape index (κ3) is 5.80. The van der Waals surface area contributed by atoms with Gasteiger partial charge in [0, 0.05) is 12.1 Å². The van der Waals surface area contributed by atoms with Crippen molar-refractivity contribution in [2.75, 3.05) is 0 Å². The molecule has 0 aromatic rings. The Labute approximate surface area is 130 Å². The van der Waals surface area contributed by atoms with Crippen LogP contribution in [0.25, 0.3) is 0 Å². The van der Waals surface area contributed by atoms with Crippen LogP contribution in [0.15, 0.2) is 5.10 Å². The monoisotopic (exact) mass is 292 g/mol. The number of hydrogen-bond acceptors (Lipinski definition) is 2. The number of nitrogens with zero attached hydrogens (tertiary/aromatic N) is 1. The number of fused-ring (bicyclic) bond motifs is 2. The van der Waals surface area contributed by atoms with Crippen LogP contribution in [0.3, 0.4) is 0 Å². The van der Waals surface area contributed by atoms with Gasteiger partial charge in [0.05, 0.1) is 0 Å². The Morgan fingerprint density at radius 3 is 2.43 bits per heavy atom. The normalized spacial score (nSPS) is 25.7. The van der Waals surface area contributed by atoms with E-state index in [1.54, 1.807) is 0 Å². The van der Waals surface area contributed by atoms with Crippen molar-refractivity contribution < 1.29 is 4.79 Å². The van der Waals surface area contributed by atoms with Gasteiger partial charge in [0.2, 0.25) is 5.91 Å². The van der Waals surface area contributed by atoms with E-state index in [9.17, 15) is 4.79 Å². The summed E-state index contributed by atoms with van der Waals surface area (Å²) >= 11 is 0. The maximum absolute atomic E-state index is 11.8. The Morgan fingerprint density at radius 1 is 1.10 bits per heavy atom. The SMILES string of the molecule is CCCCCCCCCCC(=O)NN=C1CC2CCC1C2.